The van der Waals surface area contributed by atoms with E-state index in [1.54, 1.807) is 0 Å². The number of fused-ring (bicyclic) bond motifs is 1. The summed E-state index contributed by atoms with van der Waals surface area (Å²) >= 11 is 0. The number of hydrogen-bond acceptors (Lipinski definition) is 15. The van der Waals surface area contributed by atoms with Gasteiger partial charge in [-0.1, -0.05) is 0 Å². The Morgan fingerprint density at radius 3 is 1.98 bits per heavy atom. The van der Waals surface area contributed by atoms with Crippen molar-refractivity contribution in [1.29, 1.82) is 0 Å². The van der Waals surface area contributed by atoms with Gasteiger partial charge in [-0.05, 0) is 6.92 Å². The Balaban J connectivity index is 1.48. The van der Waals surface area contributed by atoms with Crippen molar-refractivity contribution >= 4 is 11.0 Å². The topological polar surface area (TPSA) is 249 Å². The number of benzene rings is 2. The minimum atomic E-state index is -1.83. The van der Waals surface area contributed by atoms with Crippen molar-refractivity contribution < 1.29 is 78.8 Å². The van der Waals surface area contributed by atoms with Crippen molar-refractivity contribution in [3.63, 3.8) is 0 Å². The average molecular weight is 640 g/mol. The van der Waals surface area contributed by atoms with Gasteiger partial charge in [-0.25, -0.2) is 4.42 Å². The fraction of sp³-hybridized carbons (Fsp3) is 0.483. The minimum absolute atomic E-state index is 0.00636. The van der Waals surface area contributed by atoms with Crippen LogP contribution in [-0.2, 0) is 14.2 Å². The highest BCUT2D eigenvalue weighted by atomic mass is 16.7. The maximum atomic E-state index is 10.8. The van der Waals surface area contributed by atoms with Crippen molar-refractivity contribution in [3.8, 4) is 45.8 Å². The van der Waals surface area contributed by atoms with Gasteiger partial charge in [-0.3, -0.25) is 0 Å². The molecule has 2 saturated heterocycles. The molecule has 45 heavy (non-hydrogen) atoms. The Labute approximate surface area is 255 Å². The number of ether oxygens (including phenoxy) is 6. The van der Waals surface area contributed by atoms with Crippen LogP contribution in [0.15, 0.2) is 34.7 Å². The minimum Gasteiger partial charge on any atom is -0.507 e. The van der Waals surface area contributed by atoms with Gasteiger partial charge in [-0.2, -0.15) is 0 Å². The molecular formula is C29H35O16+. The maximum Gasteiger partial charge on any atom is 0.402 e. The molecule has 9 N–H and O–H groups in total. The molecular weight excluding hydrogens is 604 g/mol. The summed E-state index contributed by atoms with van der Waals surface area (Å²) in [5.74, 6) is -1.25. The number of phenols is 3. The van der Waals surface area contributed by atoms with E-state index >= 15 is 0 Å². The fourth-order valence-electron chi connectivity index (χ4n) is 5.11. The largest absolute Gasteiger partial charge is 0.507 e. The van der Waals surface area contributed by atoms with Gasteiger partial charge < -0.3 is 74.4 Å². The van der Waals surface area contributed by atoms with Crippen LogP contribution in [0.2, 0.25) is 0 Å². The first kappa shape index (κ1) is 32.7. The molecule has 3 aromatic rings. The second kappa shape index (κ2) is 13.0. The zero-order valence-corrected chi connectivity index (χ0v) is 24.3. The first-order valence-corrected chi connectivity index (χ1v) is 13.8. The molecule has 0 spiro atoms. The van der Waals surface area contributed by atoms with Gasteiger partial charge >= 0.3 is 11.3 Å². The van der Waals surface area contributed by atoms with E-state index in [2.05, 4.69) is 0 Å². The normalized spacial score (nSPS) is 31.9. The van der Waals surface area contributed by atoms with Crippen LogP contribution < -0.4 is 14.2 Å². The second-order valence-electron chi connectivity index (χ2n) is 10.7. The molecule has 2 aliphatic rings. The standard InChI is InChI=1S/C29H34O16/c1-10-20(32)23(35)25(37)28(42-10)41-9-19-22(34)24(36)26(38)29(45-19)44-18-8-13-14(31)6-12(30)7-15(13)43-27(18)11-4-16(39-2)21(33)17(5-11)40-3/h4-8,10,19-20,22-26,28-29,32,34-38H,9H2,1-3H3,(H2-,30,31,33)/p+1. The van der Waals surface area contributed by atoms with Gasteiger partial charge in [-0.15, -0.1) is 0 Å². The van der Waals surface area contributed by atoms with Crippen LogP contribution >= 0.6 is 0 Å². The second-order valence-corrected chi connectivity index (χ2v) is 10.7. The monoisotopic (exact) mass is 639 g/mol. The van der Waals surface area contributed by atoms with Crippen LogP contribution in [0, 0.1) is 0 Å². The third kappa shape index (κ3) is 6.24. The molecule has 2 fully saturated rings. The third-order valence-electron chi connectivity index (χ3n) is 7.70. The molecule has 10 unspecified atom stereocenters. The number of aliphatic hydroxyl groups is 6. The molecule has 1 aromatic heterocycles. The molecule has 0 saturated carbocycles. The molecule has 0 bridgehead atoms. The molecule has 3 heterocycles. The lowest BCUT2D eigenvalue weighted by Crippen LogP contribution is -2.61. The Morgan fingerprint density at radius 1 is 0.711 bits per heavy atom. The fourth-order valence-corrected chi connectivity index (χ4v) is 5.11. The summed E-state index contributed by atoms with van der Waals surface area (Å²) in [5.41, 5.74) is 0.227. The summed E-state index contributed by atoms with van der Waals surface area (Å²) in [4.78, 5) is 0. The summed E-state index contributed by atoms with van der Waals surface area (Å²) in [7, 11) is 2.62. The number of hydrogen-bond donors (Lipinski definition) is 9. The Morgan fingerprint density at radius 2 is 1.33 bits per heavy atom. The van der Waals surface area contributed by atoms with Gasteiger partial charge in [0.1, 0.15) is 59.6 Å². The van der Waals surface area contributed by atoms with Crippen molar-refractivity contribution in [2.45, 2.75) is 68.3 Å². The molecule has 16 heteroatoms. The Bertz CT molecular complexity index is 1490. The van der Waals surface area contributed by atoms with Gasteiger partial charge in [0.05, 0.1) is 38.6 Å². The van der Waals surface area contributed by atoms with Gasteiger partial charge in [0.25, 0.3) is 0 Å². The molecule has 2 aromatic carbocycles. The third-order valence-corrected chi connectivity index (χ3v) is 7.70. The van der Waals surface area contributed by atoms with Gasteiger partial charge in [0.15, 0.2) is 17.8 Å². The maximum absolute atomic E-state index is 10.8. The summed E-state index contributed by atoms with van der Waals surface area (Å²) in [5, 5.41) is 93.3. The smallest absolute Gasteiger partial charge is 0.402 e. The molecule has 5 rings (SSSR count). The SMILES string of the molecule is COc1cc(-c2[o+]c3cc(O)cc(O)c3cc2OC2OC(COC3OC(C)C(O)C(O)C3O)C(O)C(O)C2O)cc(OC)c1O. The Kier molecular flexibility index (Phi) is 9.41. The first-order valence-electron chi connectivity index (χ1n) is 13.8. The molecule has 2 aliphatic heterocycles. The van der Waals surface area contributed by atoms with Gasteiger partial charge in [0, 0.05) is 24.3 Å². The van der Waals surface area contributed by atoms with E-state index < -0.39 is 68.0 Å². The highest BCUT2D eigenvalue weighted by Crippen LogP contribution is 2.45. The van der Waals surface area contributed by atoms with E-state index in [4.69, 9.17) is 32.8 Å². The highest BCUT2D eigenvalue weighted by molar-refractivity contribution is 5.88. The summed E-state index contributed by atoms with van der Waals surface area (Å²) in [6.07, 6.45) is -15.3. The van der Waals surface area contributed by atoms with E-state index in [1.165, 1.54) is 45.4 Å². The highest BCUT2D eigenvalue weighted by Gasteiger charge is 2.48. The lowest BCUT2D eigenvalue weighted by atomic mass is 9.98. The zero-order chi connectivity index (χ0) is 32.7. The molecule has 0 aliphatic carbocycles. The first-order chi connectivity index (χ1) is 21.3. The van der Waals surface area contributed by atoms with E-state index in [9.17, 15) is 46.0 Å². The van der Waals surface area contributed by atoms with E-state index in [0.717, 1.165) is 6.07 Å². The number of aliphatic hydroxyl groups excluding tert-OH is 6. The van der Waals surface area contributed by atoms with Crippen LogP contribution in [0.25, 0.3) is 22.3 Å². The quantitative estimate of drug-likeness (QED) is 0.142. The van der Waals surface area contributed by atoms with Crippen molar-refractivity contribution in [1.82, 2.24) is 0 Å². The van der Waals surface area contributed by atoms with E-state index in [-0.39, 0.29) is 56.8 Å². The van der Waals surface area contributed by atoms with E-state index in [0.29, 0.717) is 0 Å². The predicted molar refractivity (Wildman–Crippen MR) is 150 cm³/mol. The van der Waals surface area contributed by atoms with Crippen molar-refractivity contribution in [2.24, 2.45) is 0 Å². The molecule has 0 amide bonds. The molecule has 0 radical (unpaired) electrons. The summed E-state index contributed by atoms with van der Waals surface area (Å²) in [6.45, 7) is 0.931. The van der Waals surface area contributed by atoms with Gasteiger partial charge in [0.2, 0.25) is 17.8 Å². The van der Waals surface area contributed by atoms with Crippen LogP contribution in [0.3, 0.4) is 0 Å². The number of rotatable bonds is 8. The number of phenolic OH excluding ortho intramolecular Hbond substituents is 3. The molecule has 246 valence electrons. The van der Waals surface area contributed by atoms with Crippen molar-refractivity contribution in [2.75, 3.05) is 20.8 Å². The van der Waals surface area contributed by atoms with Crippen LogP contribution in [0.5, 0.6) is 34.5 Å². The zero-order valence-electron chi connectivity index (χ0n) is 24.3. The van der Waals surface area contributed by atoms with Crippen molar-refractivity contribution in [3.05, 3.63) is 30.3 Å². The van der Waals surface area contributed by atoms with Crippen LogP contribution in [-0.4, -0.2) is 128 Å². The Hall–Kier alpha value is -3.71. The summed E-state index contributed by atoms with van der Waals surface area (Å²) < 4.78 is 39.1. The van der Waals surface area contributed by atoms with Crippen LogP contribution in [0.1, 0.15) is 6.92 Å². The lowest BCUT2D eigenvalue weighted by Gasteiger charge is -2.42. The van der Waals surface area contributed by atoms with E-state index in [1.807, 2.05) is 0 Å². The lowest BCUT2D eigenvalue weighted by molar-refractivity contribution is -0.318. The molecule has 16 nitrogen and oxygen atoms in total. The van der Waals surface area contributed by atoms with Crippen LogP contribution in [0.4, 0.5) is 0 Å². The number of methoxy groups -OCH3 is 2. The summed E-state index contributed by atoms with van der Waals surface area (Å²) in [6, 6.07) is 6.37. The number of aromatic hydroxyl groups is 3. The molecule has 10 atom stereocenters. The average Bonchev–Trinajstić information content (AvgIpc) is 3.01. The predicted octanol–water partition coefficient (Wildman–Crippen LogP) is -0.455.